The van der Waals surface area contributed by atoms with Gasteiger partial charge in [-0.05, 0) is 57.9 Å². The molecule has 0 amide bonds. The fourth-order valence-corrected chi connectivity index (χ4v) is 5.80. The Balaban J connectivity index is 1.73. The number of hydrogen-bond donors (Lipinski definition) is 0. The number of nitrogens with zero attached hydrogens (tertiary/aromatic N) is 3. The van der Waals surface area contributed by atoms with Crippen molar-refractivity contribution in [1.82, 2.24) is 14.1 Å². The van der Waals surface area contributed by atoms with Crippen LogP contribution in [0.4, 0.5) is 0 Å². The standard InChI is InChI=1S/C21H25N3O5S/c1-4-23-17(10-11-22-23)18-7-6-12-24(18)30(26,27)15-8-9-19-16(13-15)14(3)20(29-19)21(25)28-5-2/h8-11,13,18H,4-7,12H2,1-3H3. The molecule has 1 atom stereocenters. The number of furan rings is 1. The lowest BCUT2D eigenvalue weighted by molar-refractivity contribution is 0.0491. The molecule has 160 valence electrons. The van der Waals surface area contributed by atoms with Crippen molar-refractivity contribution in [3.8, 4) is 0 Å². The molecule has 0 radical (unpaired) electrons. The first-order chi connectivity index (χ1) is 14.4. The van der Waals surface area contributed by atoms with Gasteiger partial charge in [0.1, 0.15) is 5.58 Å². The van der Waals surface area contributed by atoms with E-state index in [0.717, 1.165) is 18.5 Å². The van der Waals surface area contributed by atoms with Crippen LogP contribution in [0.5, 0.6) is 0 Å². The molecule has 0 N–H and O–H groups in total. The third kappa shape index (κ3) is 3.31. The van der Waals surface area contributed by atoms with Gasteiger partial charge < -0.3 is 9.15 Å². The predicted molar refractivity (Wildman–Crippen MR) is 111 cm³/mol. The van der Waals surface area contributed by atoms with Gasteiger partial charge >= 0.3 is 5.97 Å². The number of ether oxygens (including phenoxy) is 1. The van der Waals surface area contributed by atoms with Crippen LogP contribution in [0.3, 0.4) is 0 Å². The molecule has 0 aliphatic carbocycles. The van der Waals surface area contributed by atoms with Crippen molar-refractivity contribution in [3.05, 3.63) is 47.5 Å². The van der Waals surface area contributed by atoms with Crippen LogP contribution in [0, 0.1) is 6.92 Å². The predicted octanol–water partition coefficient (Wildman–Crippen LogP) is 3.66. The van der Waals surface area contributed by atoms with Crippen LogP contribution in [-0.2, 0) is 21.3 Å². The summed E-state index contributed by atoms with van der Waals surface area (Å²) >= 11 is 0. The zero-order chi connectivity index (χ0) is 21.5. The smallest absolute Gasteiger partial charge is 0.374 e. The van der Waals surface area contributed by atoms with Crippen molar-refractivity contribution >= 4 is 27.0 Å². The molecule has 9 heteroatoms. The summed E-state index contributed by atoms with van der Waals surface area (Å²) in [7, 11) is -3.73. The molecule has 2 aromatic heterocycles. The second-order valence-corrected chi connectivity index (χ2v) is 9.17. The largest absolute Gasteiger partial charge is 0.460 e. The van der Waals surface area contributed by atoms with Crippen molar-refractivity contribution in [3.63, 3.8) is 0 Å². The second kappa shape index (κ2) is 7.88. The number of esters is 1. The number of aromatic nitrogens is 2. The first kappa shape index (κ1) is 20.6. The number of sulfonamides is 1. The van der Waals surface area contributed by atoms with Crippen LogP contribution < -0.4 is 0 Å². The molecule has 3 heterocycles. The van der Waals surface area contributed by atoms with E-state index in [9.17, 15) is 13.2 Å². The lowest BCUT2D eigenvalue weighted by Gasteiger charge is -2.24. The topological polar surface area (TPSA) is 94.6 Å². The van der Waals surface area contributed by atoms with Crippen LogP contribution in [0.25, 0.3) is 11.0 Å². The first-order valence-corrected chi connectivity index (χ1v) is 11.6. The molecule has 30 heavy (non-hydrogen) atoms. The van der Waals surface area contributed by atoms with Crippen LogP contribution in [0.15, 0.2) is 39.8 Å². The van der Waals surface area contributed by atoms with Gasteiger partial charge in [-0.3, -0.25) is 4.68 Å². The van der Waals surface area contributed by atoms with Crippen LogP contribution in [0.1, 0.15) is 54.5 Å². The molecule has 4 rings (SSSR count). The Bertz CT molecular complexity index is 1190. The van der Waals surface area contributed by atoms with Gasteiger partial charge in [0.25, 0.3) is 0 Å². The van der Waals surface area contributed by atoms with Gasteiger partial charge in [-0.2, -0.15) is 9.40 Å². The van der Waals surface area contributed by atoms with E-state index >= 15 is 0 Å². The van der Waals surface area contributed by atoms with Gasteiger partial charge in [-0.1, -0.05) is 0 Å². The third-order valence-corrected chi connectivity index (χ3v) is 7.47. The van der Waals surface area contributed by atoms with Gasteiger partial charge in [0.2, 0.25) is 15.8 Å². The van der Waals surface area contributed by atoms with Crippen LogP contribution in [-0.4, -0.2) is 41.6 Å². The average molecular weight is 432 g/mol. The fourth-order valence-electron chi connectivity index (χ4n) is 4.10. The van der Waals surface area contributed by atoms with Crippen molar-refractivity contribution in [2.45, 2.75) is 51.1 Å². The highest BCUT2D eigenvalue weighted by molar-refractivity contribution is 7.89. The number of hydrogen-bond acceptors (Lipinski definition) is 6. The van der Waals surface area contributed by atoms with Crippen molar-refractivity contribution in [2.24, 2.45) is 0 Å². The zero-order valence-corrected chi connectivity index (χ0v) is 18.1. The summed E-state index contributed by atoms with van der Waals surface area (Å²) in [6, 6.07) is 6.35. The molecule has 1 unspecified atom stereocenters. The number of carbonyl (C=O) groups excluding carboxylic acids is 1. The molecule has 0 bridgehead atoms. The molecule has 1 aromatic carbocycles. The number of rotatable bonds is 6. The van der Waals surface area contributed by atoms with Gasteiger partial charge in [0, 0.05) is 30.2 Å². The van der Waals surface area contributed by atoms with E-state index in [1.165, 1.54) is 6.07 Å². The van der Waals surface area contributed by atoms with Crippen molar-refractivity contribution < 1.29 is 22.4 Å². The zero-order valence-electron chi connectivity index (χ0n) is 17.3. The van der Waals surface area contributed by atoms with E-state index in [2.05, 4.69) is 5.10 Å². The number of benzene rings is 1. The highest BCUT2D eigenvalue weighted by atomic mass is 32.2. The number of carbonyl (C=O) groups is 1. The summed E-state index contributed by atoms with van der Waals surface area (Å²) in [6.45, 7) is 6.81. The lowest BCUT2D eigenvalue weighted by Crippen LogP contribution is -2.31. The lowest BCUT2D eigenvalue weighted by atomic mass is 10.1. The number of aryl methyl sites for hydroxylation is 2. The molecule has 8 nitrogen and oxygen atoms in total. The molecule has 0 saturated carbocycles. The Morgan fingerprint density at radius 2 is 2.10 bits per heavy atom. The van der Waals surface area contributed by atoms with E-state index in [1.807, 2.05) is 17.7 Å². The summed E-state index contributed by atoms with van der Waals surface area (Å²) in [6.07, 6.45) is 3.25. The monoisotopic (exact) mass is 431 g/mol. The SMILES string of the molecule is CCOC(=O)c1oc2ccc(S(=O)(=O)N3CCCC3c3ccnn3CC)cc2c1C. The number of fused-ring (bicyclic) bond motifs is 1. The third-order valence-electron chi connectivity index (χ3n) is 5.57. The quantitative estimate of drug-likeness (QED) is 0.553. The van der Waals surface area contributed by atoms with Gasteiger partial charge in [-0.25, -0.2) is 13.2 Å². The summed E-state index contributed by atoms with van der Waals surface area (Å²) in [4.78, 5) is 12.3. The van der Waals surface area contributed by atoms with Gasteiger partial charge in [-0.15, -0.1) is 0 Å². The molecule has 1 aliphatic rings. The summed E-state index contributed by atoms with van der Waals surface area (Å²) in [5.74, 6) is -0.449. The van der Waals surface area contributed by atoms with Crippen LogP contribution >= 0.6 is 0 Å². The first-order valence-electron chi connectivity index (χ1n) is 10.1. The summed E-state index contributed by atoms with van der Waals surface area (Å²) < 4.78 is 41.1. The van der Waals surface area contributed by atoms with E-state index in [-0.39, 0.29) is 23.3 Å². The average Bonchev–Trinajstić information content (AvgIpc) is 3.46. The minimum absolute atomic E-state index is 0.104. The summed E-state index contributed by atoms with van der Waals surface area (Å²) in [5, 5.41) is 4.89. The van der Waals surface area contributed by atoms with E-state index in [4.69, 9.17) is 9.15 Å². The maximum absolute atomic E-state index is 13.5. The molecule has 0 spiro atoms. The maximum Gasteiger partial charge on any atom is 0.374 e. The fraction of sp³-hybridized carbons (Fsp3) is 0.429. The van der Waals surface area contributed by atoms with Crippen LogP contribution in [0.2, 0.25) is 0 Å². The molecule has 3 aromatic rings. The molecular weight excluding hydrogens is 406 g/mol. The Hall–Kier alpha value is -2.65. The minimum atomic E-state index is -3.73. The molecule has 1 fully saturated rings. The molecule has 1 saturated heterocycles. The molecular formula is C21H25N3O5S. The van der Waals surface area contributed by atoms with Crippen molar-refractivity contribution in [1.29, 1.82) is 0 Å². The van der Waals surface area contributed by atoms with Gasteiger partial charge in [0.15, 0.2) is 0 Å². The van der Waals surface area contributed by atoms with E-state index in [0.29, 0.717) is 29.6 Å². The molecule has 1 aliphatic heterocycles. The normalized spacial score (nSPS) is 17.6. The summed E-state index contributed by atoms with van der Waals surface area (Å²) in [5.41, 5.74) is 1.93. The van der Waals surface area contributed by atoms with Gasteiger partial charge in [0.05, 0.1) is 23.2 Å². The maximum atomic E-state index is 13.5. The minimum Gasteiger partial charge on any atom is -0.460 e. The Labute approximate surface area is 175 Å². The second-order valence-electron chi connectivity index (χ2n) is 7.28. The Morgan fingerprint density at radius 1 is 1.30 bits per heavy atom. The van der Waals surface area contributed by atoms with E-state index in [1.54, 1.807) is 36.5 Å². The Kier molecular flexibility index (Phi) is 5.42. The highest BCUT2D eigenvalue weighted by Gasteiger charge is 2.38. The Morgan fingerprint density at radius 3 is 2.83 bits per heavy atom. The van der Waals surface area contributed by atoms with Crippen molar-refractivity contribution in [2.75, 3.05) is 13.2 Å². The highest BCUT2D eigenvalue weighted by Crippen LogP contribution is 2.37. The van der Waals surface area contributed by atoms with E-state index < -0.39 is 16.0 Å².